The molecule has 0 spiro atoms. The number of nitriles is 1. The van der Waals surface area contributed by atoms with Crippen LogP contribution >= 0.6 is 11.6 Å². The van der Waals surface area contributed by atoms with Crippen molar-refractivity contribution in [3.63, 3.8) is 0 Å². The molecule has 0 aliphatic rings. The zero-order valence-corrected chi connectivity index (χ0v) is 8.18. The summed E-state index contributed by atoms with van der Waals surface area (Å²) in [5.74, 6) is 0. The van der Waals surface area contributed by atoms with Crippen LogP contribution in [0.3, 0.4) is 0 Å². The summed E-state index contributed by atoms with van der Waals surface area (Å²) in [5, 5.41) is 7.23. The molecular formula is C10H7ClFNO. The quantitative estimate of drug-likeness (QED) is 0.705. The molecule has 1 aromatic carbocycles. The highest BCUT2D eigenvalue weighted by Crippen LogP contribution is 2.28. The molecule has 0 aliphatic heterocycles. The Morgan fingerprint density at radius 3 is 2.36 bits per heavy atom. The molecule has 0 aliphatic carbocycles. The number of hydrogen-bond acceptors (Lipinski definition) is 2. The monoisotopic (exact) mass is 211 g/mol. The normalized spacial score (nSPS) is 14.1. The molecule has 0 fully saturated rings. The highest BCUT2D eigenvalue weighted by molar-refractivity contribution is 6.65. The molecule has 0 saturated heterocycles. The fourth-order valence-electron chi connectivity index (χ4n) is 1.01. The van der Waals surface area contributed by atoms with E-state index in [2.05, 4.69) is 0 Å². The average Bonchev–Trinajstić information content (AvgIpc) is 2.17. The van der Waals surface area contributed by atoms with E-state index in [9.17, 15) is 9.18 Å². The van der Waals surface area contributed by atoms with Crippen molar-refractivity contribution >= 4 is 16.8 Å². The molecule has 72 valence electrons. The maximum atomic E-state index is 13.7. The Kier molecular flexibility index (Phi) is 2.87. The van der Waals surface area contributed by atoms with E-state index >= 15 is 0 Å². The van der Waals surface area contributed by atoms with Crippen molar-refractivity contribution in [2.24, 2.45) is 0 Å². The van der Waals surface area contributed by atoms with Crippen molar-refractivity contribution in [1.82, 2.24) is 0 Å². The molecule has 1 atom stereocenters. The SMILES string of the molecule is Cc1ccc([C@](F)(C#N)C(=O)Cl)cc1. The van der Waals surface area contributed by atoms with E-state index in [1.165, 1.54) is 18.2 Å². The minimum Gasteiger partial charge on any atom is -0.276 e. The highest BCUT2D eigenvalue weighted by atomic mass is 35.5. The first kappa shape index (κ1) is 10.7. The van der Waals surface area contributed by atoms with Crippen molar-refractivity contribution in [2.45, 2.75) is 12.6 Å². The summed E-state index contributed by atoms with van der Waals surface area (Å²) >= 11 is 5.02. The van der Waals surface area contributed by atoms with Crippen molar-refractivity contribution in [1.29, 1.82) is 5.26 Å². The Morgan fingerprint density at radius 1 is 1.50 bits per heavy atom. The Morgan fingerprint density at radius 2 is 2.00 bits per heavy atom. The first-order valence-corrected chi connectivity index (χ1v) is 4.26. The molecule has 4 heteroatoms. The summed E-state index contributed by atoms with van der Waals surface area (Å²) in [6, 6.07) is 7.24. The summed E-state index contributed by atoms with van der Waals surface area (Å²) in [6.45, 7) is 1.82. The van der Waals surface area contributed by atoms with Gasteiger partial charge in [-0.3, -0.25) is 4.79 Å². The molecule has 0 heterocycles. The van der Waals surface area contributed by atoms with Gasteiger partial charge in [0, 0.05) is 5.56 Å². The lowest BCUT2D eigenvalue weighted by molar-refractivity contribution is -0.119. The third-order valence-electron chi connectivity index (χ3n) is 1.87. The fraction of sp³-hybridized carbons (Fsp3) is 0.200. The number of halogens is 2. The van der Waals surface area contributed by atoms with Gasteiger partial charge >= 0.3 is 0 Å². The van der Waals surface area contributed by atoms with E-state index in [-0.39, 0.29) is 5.56 Å². The molecule has 0 bridgehead atoms. The zero-order chi connectivity index (χ0) is 10.8. The lowest BCUT2D eigenvalue weighted by Gasteiger charge is -2.12. The van der Waals surface area contributed by atoms with Gasteiger partial charge in [-0.1, -0.05) is 29.8 Å². The minimum absolute atomic E-state index is 0.0365. The van der Waals surface area contributed by atoms with Crippen LogP contribution in [0.15, 0.2) is 24.3 Å². The molecule has 0 unspecified atom stereocenters. The van der Waals surface area contributed by atoms with Gasteiger partial charge in [-0.2, -0.15) is 5.26 Å². The zero-order valence-electron chi connectivity index (χ0n) is 7.42. The van der Waals surface area contributed by atoms with Gasteiger partial charge in [0.25, 0.3) is 10.9 Å². The number of nitrogens with zero attached hydrogens (tertiary/aromatic N) is 1. The molecular weight excluding hydrogens is 205 g/mol. The number of rotatable bonds is 2. The van der Waals surface area contributed by atoms with E-state index in [1.807, 2.05) is 6.92 Å². The number of hydrogen-bond donors (Lipinski definition) is 0. The van der Waals surface area contributed by atoms with E-state index in [4.69, 9.17) is 16.9 Å². The van der Waals surface area contributed by atoms with E-state index in [0.29, 0.717) is 0 Å². The van der Waals surface area contributed by atoms with Gasteiger partial charge in [0.1, 0.15) is 6.07 Å². The van der Waals surface area contributed by atoms with Gasteiger partial charge in [0.15, 0.2) is 0 Å². The minimum atomic E-state index is -2.74. The summed E-state index contributed by atoms with van der Waals surface area (Å²) in [4.78, 5) is 10.8. The summed E-state index contributed by atoms with van der Waals surface area (Å²) in [5.41, 5.74) is -1.86. The average molecular weight is 212 g/mol. The number of aryl methyl sites for hydroxylation is 1. The van der Waals surface area contributed by atoms with Crippen molar-refractivity contribution in [3.05, 3.63) is 35.4 Å². The predicted molar refractivity (Wildman–Crippen MR) is 50.4 cm³/mol. The lowest BCUT2D eigenvalue weighted by Crippen LogP contribution is -2.25. The van der Waals surface area contributed by atoms with Crippen LogP contribution in [0.2, 0.25) is 0 Å². The second-order valence-corrected chi connectivity index (χ2v) is 3.25. The number of carbonyl (C=O) groups is 1. The van der Waals surface area contributed by atoms with Crippen LogP contribution in [0.25, 0.3) is 0 Å². The Labute approximate surface area is 85.9 Å². The van der Waals surface area contributed by atoms with Gasteiger partial charge in [-0.05, 0) is 18.5 Å². The number of alkyl halides is 1. The van der Waals surface area contributed by atoms with Crippen LogP contribution in [0.1, 0.15) is 11.1 Å². The van der Waals surface area contributed by atoms with Crippen LogP contribution < -0.4 is 0 Å². The number of benzene rings is 1. The van der Waals surface area contributed by atoms with Gasteiger partial charge in [0.05, 0.1) is 0 Å². The summed E-state index contributed by atoms with van der Waals surface area (Å²) in [6.07, 6.45) is 0. The molecule has 0 radical (unpaired) electrons. The second-order valence-electron chi connectivity index (χ2n) is 2.91. The van der Waals surface area contributed by atoms with Gasteiger partial charge in [-0.25, -0.2) is 4.39 Å². The number of carbonyl (C=O) groups excluding carboxylic acids is 1. The van der Waals surface area contributed by atoms with Crippen molar-refractivity contribution in [3.8, 4) is 6.07 Å². The van der Waals surface area contributed by atoms with E-state index in [1.54, 1.807) is 12.1 Å². The largest absolute Gasteiger partial charge is 0.293 e. The fourth-order valence-corrected chi connectivity index (χ4v) is 1.16. The maximum Gasteiger partial charge on any atom is 0.293 e. The Hall–Kier alpha value is -1.40. The third-order valence-corrected chi connectivity index (χ3v) is 2.13. The van der Waals surface area contributed by atoms with Crippen LogP contribution in [0, 0.1) is 18.3 Å². The second kappa shape index (κ2) is 3.77. The van der Waals surface area contributed by atoms with Gasteiger partial charge < -0.3 is 0 Å². The van der Waals surface area contributed by atoms with Crippen molar-refractivity contribution in [2.75, 3.05) is 0 Å². The van der Waals surface area contributed by atoms with Gasteiger partial charge in [-0.15, -0.1) is 0 Å². The Balaban J connectivity index is 3.22. The predicted octanol–water partition coefficient (Wildman–Crippen LogP) is 2.45. The Bertz CT molecular complexity index is 396. The molecule has 0 N–H and O–H groups in total. The first-order valence-electron chi connectivity index (χ1n) is 3.88. The first-order chi connectivity index (χ1) is 6.50. The van der Waals surface area contributed by atoms with Crippen LogP contribution in [-0.4, -0.2) is 5.24 Å². The van der Waals surface area contributed by atoms with E-state index in [0.717, 1.165) is 5.56 Å². The summed E-state index contributed by atoms with van der Waals surface area (Å²) in [7, 11) is 0. The molecule has 0 saturated carbocycles. The third kappa shape index (κ3) is 1.75. The molecule has 2 nitrogen and oxygen atoms in total. The molecule has 14 heavy (non-hydrogen) atoms. The van der Waals surface area contributed by atoms with Crippen LogP contribution in [0.4, 0.5) is 4.39 Å². The topological polar surface area (TPSA) is 40.9 Å². The molecule has 1 rings (SSSR count). The molecule has 0 aromatic heterocycles. The van der Waals surface area contributed by atoms with Gasteiger partial charge in [0.2, 0.25) is 0 Å². The standard InChI is InChI=1S/C10H7ClFNO/c1-7-2-4-8(5-3-7)10(12,6-13)9(11)14/h2-5H,1H3/t10-/m1/s1. The summed E-state index contributed by atoms with van der Waals surface area (Å²) < 4.78 is 13.7. The van der Waals surface area contributed by atoms with Crippen LogP contribution in [-0.2, 0) is 10.5 Å². The maximum absolute atomic E-state index is 13.7. The molecule has 1 aromatic rings. The lowest BCUT2D eigenvalue weighted by atomic mass is 9.98. The van der Waals surface area contributed by atoms with E-state index < -0.39 is 10.9 Å². The van der Waals surface area contributed by atoms with Crippen molar-refractivity contribution < 1.29 is 9.18 Å². The smallest absolute Gasteiger partial charge is 0.276 e. The highest BCUT2D eigenvalue weighted by Gasteiger charge is 2.39. The molecule has 0 amide bonds. The van der Waals surface area contributed by atoms with Crippen LogP contribution in [0.5, 0.6) is 0 Å².